The molecule has 9 heteroatoms. The van der Waals surface area contributed by atoms with Crippen molar-refractivity contribution in [2.24, 2.45) is 0 Å². The second-order valence-electron chi connectivity index (χ2n) is 5.71. The Balaban J connectivity index is 1.59. The molecule has 4 aromatic rings. The SMILES string of the molecule is FC(F)(F)c1csc(-c2nccc(-c3cnn(Cc4ccccc4)c3)n2)n1. The third-order valence-corrected chi connectivity index (χ3v) is 4.60. The topological polar surface area (TPSA) is 56.5 Å². The summed E-state index contributed by atoms with van der Waals surface area (Å²) in [6.45, 7) is 0.611. The Labute approximate surface area is 156 Å². The third-order valence-electron chi connectivity index (χ3n) is 3.76. The monoisotopic (exact) mass is 387 g/mol. The molecule has 5 nitrogen and oxygen atoms in total. The maximum absolute atomic E-state index is 12.7. The number of thiazole rings is 1. The number of halogens is 3. The van der Waals surface area contributed by atoms with E-state index in [0.29, 0.717) is 12.2 Å². The Morgan fingerprint density at radius 2 is 1.85 bits per heavy atom. The van der Waals surface area contributed by atoms with Gasteiger partial charge in [0.05, 0.1) is 18.4 Å². The van der Waals surface area contributed by atoms with Crippen LogP contribution < -0.4 is 0 Å². The minimum absolute atomic E-state index is 0.126. The number of hydrogen-bond acceptors (Lipinski definition) is 5. The zero-order valence-corrected chi connectivity index (χ0v) is 14.6. The summed E-state index contributed by atoms with van der Waals surface area (Å²) in [6, 6.07) is 11.6. The van der Waals surface area contributed by atoms with Crippen molar-refractivity contribution in [2.75, 3.05) is 0 Å². The molecule has 0 aliphatic heterocycles. The lowest BCUT2D eigenvalue weighted by Crippen LogP contribution is -2.05. The second kappa shape index (κ2) is 6.92. The van der Waals surface area contributed by atoms with Crippen molar-refractivity contribution in [3.8, 4) is 22.1 Å². The Bertz CT molecular complexity index is 1060. The van der Waals surface area contributed by atoms with Gasteiger partial charge in [-0.15, -0.1) is 11.3 Å². The predicted octanol–water partition coefficient (Wildman–Crippen LogP) is 4.53. The number of benzene rings is 1. The summed E-state index contributed by atoms with van der Waals surface area (Å²) in [7, 11) is 0. The van der Waals surface area contributed by atoms with Crippen molar-refractivity contribution >= 4 is 11.3 Å². The van der Waals surface area contributed by atoms with Crippen LogP contribution in [0.4, 0.5) is 13.2 Å². The molecule has 0 bridgehead atoms. The summed E-state index contributed by atoms with van der Waals surface area (Å²) in [4.78, 5) is 12.0. The van der Waals surface area contributed by atoms with Gasteiger partial charge in [-0.2, -0.15) is 18.3 Å². The lowest BCUT2D eigenvalue weighted by atomic mass is 10.2. The van der Waals surface area contributed by atoms with Gasteiger partial charge in [-0.25, -0.2) is 15.0 Å². The van der Waals surface area contributed by atoms with Crippen LogP contribution in [0.1, 0.15) is 11.3 Å². The van der Waals surface area contributed by atoms with Gasteiger partial charge in [0.25, 0.3) is 0 Å². The number of aromatic nitrogens is 5. The summed E-state index contributed by atoms with van der Waals surface area (Å²) in [5, 5.41) is 5.41. The highest BCUT2D eigenvalue weighted by Gasteiger charge is 2.34. The molecular formula is C18H12F3N5S. The van der Waals surface area contributed by atoms with Crippen LogP contribution >= 0.6 is 11.3 Å². The highest BCUT2D eigenvalue weighted by Crippen LogP contribution is 2.32. The van der Waals surface area contributed by atoms with Crippen molar-refractivity contribution < 1.29 is 13.2 Å². The van der Waals surface area contributed by atoms with Gasteiger partial charge in [-0.1, -0.05) is 30.3 Å². The van der Waals surface area contributed by atoms with Gasteiger partial charge in [0.2, 0.25) is 0 Å². The Morgan fingerprint density at radius 3 is 2.59 bits per heavy atom. The molecular weight excluding hydrogens is 375 g/mol. The van der Waals surface area contributed by atoms with Gasteiger partial charge in [-0.3, -0.25) is 4.68 Å². The van der Waals surface area contributed by atoms with Crippen molar-refractivity contribution in [1.82, 2.24) is 24.7 Å². The van der Waals surface area contributed by atoms with E-state index in [1.165, 1.54) is 6.20 Å². The second-order valence-corrected chi connectivity index (χ2v) is 6.57. The normalized spacial score (nSPS) is 11.7. The number of alkyl halides is 3. The fraction of sp³-hybridized carbons (Fsp3) is 0.111. The summed E-state index contributed by atoms with van der Waals surface area (Å²) in [5.74, 6) is 0.156. The summed E-state index contributed by atoms with van der Waals surface area (Å²) in [5.41, 5.74) is 1.50. The molecule has 27 heavy (non-hydrogen) atoms. The van der Waals surface area contributed by atoms with E-state index in [0.717, 1.165) is 27.8 Å². The lowest BCUT2D eigenvalue weighted by molar-refractivity contribution is -0.140. The molecule has 0 spiro atoms. The smallest absolute Gasteiger partial charge is 0.268 e. The van der Waals surface area contributed by atoms with Crippen molar-refractivity contribution in [3.05, 3.63) is 71.6 Å². The average molecular weight is 387 g/mol. The first-order valence-corrected chi connectivity index (χ1v) is 8.80. The number of hydrogen-bond donors (Lipinski definition) is 0. The van der Waals surface area contributed by atoms with Crippen LogP contribution in [-0.4, -0.2) is 24.7 Å². The van der Waals surface area contributed by atoms with Gasteiger partial charge < -0.3 is 0 Å². The summed E-state index contributed by atoms with van der Waals surface area (Å²) < 4.78 is 40.0. The van der Waals surface area contributed by atoms with Crippen molar-refractivity contribution in [2.45, 2.75) is 12.7 Å². The predicted molar refractivity (Wildman–Crippen MR) is 94.9 cm³/mol. The minimum Gasteiger partial charge on any atom is -0.268 e. The van der Waals surface area contributed by atoms with Crippen LogP contribution in [-0.2, 0) is 12.7 Å². The molecule has 4 rings (SSSR count). The zero-order valence-electron chi connectivity index (χ0n) is 13.8. The molecule has 0 fully saturated rings. The van der Waals surface area contributed by atoms with E-state index < -0.39 is 11.9 Å². The van der Waals surface area contributed by atoms with E-state index in [2.05, 4.69) is 20.1 Å². The fourth-order valence-corrected chi connectivity index (χ4v) is 3.25. The van der Waals surface area contributed by atoms with Crippen molar-refractivity contribution in [3.63, 3.8) is 0 Å². The number of nitrogens with zero attached hydrogens (tertiary/aromatic N) is 5. The van der Waals surface area contributed by atoms with E-state index >= 15 is 0 Å². The molecule has 0 aliphatic carbocycles. The maximum Gasteiger partial charge on any atom is 0.434 e. The number of rotatable bonds is 4. The van der Waals surface area contributed by atoms with E-state index in [4.69, 9.17) is 0 Å². The highest BCUT2D eigenvalue weighted by atomic mass is 32.1. The molecule has 0 unspecified atom stereocenters. The van der Waals surface area contributed by atoms with E-state index in [1.54, 1.807) is 16.9 Å². The molecule has 0 radical (unpaired) electrons. The first-order chi connectivity index (χ1) is 13.0. The lowest BCUT2D eigenvalue weighted by Gasteiger charge is -2.02. The zero-order chi connectivity index (χ0) is 18.9. The van der Waals surface area contributed by atoms with Crippen LogP contribution in [0.15, 0.2) is 60.4 Å². The molecule has 3 heterocycles. The molecule has 1 aromatic carbocycles. The van der Waals surface area contributed by atoms with Gasteiger partial charge in [0.15, 0.2) is 16.5 Å². The minimum atomic E-state index is -4.48. The quantitative estimate of drug-likeness (QED) is 0.516. The Morgan fingerprint density at radius 1 is 1.04 bits per heavy atom. The Kier molecular flexibility index (Phi) is 4.44. The van der Waals surface area contributed by atoms with Gasteiger partial charge in [-0.05, 0) is 11.6 Å². The summed E-state index contributed by atoms with van der Waals surface area (Å²) in [6.07, 6.45) is 0.520. The first-order valence-electron chi connectivity index (χ1n) is 7.92. The van der Waals surface area contributed by atoms with E-state index in [1.807, 2.05) is 36.5 Å². The van der Waals surface area contributed by atoms with Crippen LogP contribution in [0.3, 0.4) is 0 Å². The van der Waals surface area contributed by atoms with Crippen LogP contribution in [0.5, 0.6) is 0 Å². The molecule has 136 valence electrons. The molecule has 0 saturated heterocycles. The maximum atomic E-state index is 12.7. The van der Waals surface area contributed by atoms with E-state index in [-0.39, 0.29) is 10.8 Å². The van der Waals surface area contributed by atoms with Gasteiger partial charge >= 0.3 is 6.18 Å². The molecule has 0 aliphatic rings. The molecule has 0 N–H and O–H groups in total. The highest BCUT2D eigenvalue weighted by molar-refractivity contribution is 7.13. The van der Waals surface area contributed by atoms with E-state index in [9.17, 15) is 13.2 Å². The summed E-state index contributed by atoms with van der Waals surface area (Å²) >= 11 is 0.863. The average Bonchev–Trinajstić information content (AvgIpc) is 3.32. The third kappa shape index (κ3) is 3.87. The molecule has 3 aromatic heterocycles. The Hall–Kier alpha value is -3.07. The fourth-order valence-electron chi connectivity index (χ4n) is 2.48. The standard InChI is InChI=1S/C18H12F3N5S/c19-18(20,21)15-11-27-17(25-15)16-22-7-6-14(24-16)13-8-23-26(10-13)9-12-4-2-1-3-5-12/h1-8,10-11H,9H2. The van der Waals surface area contributed by atoms with Gasteiger partial charge in [0.1, 0.15) is 0 Å². The largest absolute Gasteiger partial charge is 0.434 e. The first kappa shape index (κ1) is 17.3. The van der Waals surface area contributed by atoms with Crippen LogP contribution in [0, 0.1) is 0 Å². The van der Waals surface area contributed by atoms with Gasteiger partial charge in [0, 0.05) is 23.3 Å². The molecule has 0 atom stereocenters. The van der Waals surface area contributed by atoms with Crippen molar-refractivity contribution in [1.29, 1.82) is 0 Å². The van der Waals surface area contributed by atoms with Crippen LogP contribution in [0.2, 0.25) is 0 Å². The molecule has 0 saturated carbocycles. The molecule has 0 amide bonds. The van der Waals surface area contributed by atoms with Crippen LogP contribution in [0.25, 0.3) is 22.1 Å².